The number of carbonyl (C=O) groups is 1. The molecular weight excluding hydrogens is 394 g/mol. The summed E-state index contributed by atoms with van der Waals surface area (Å²) in [6.45, 7) is 3.73. The average molecular weight is 417 g/mol. The van der Waals surface area contributed by atoms with Gasteiger partial charge in [0.2, 0.25) is 0 Å². The summed E-state index contributed by atoms with van der Waals surface area (Å²) in [5, 5.41) is 3.58. The molecule has 0 bridgehead atoms. The number of carbonyl (C=O) groups excluding carboxylic acids is 1. The van der Waals surface area contributed by atoms with Crippen LogP contribution < -0.4 is 20.3 Å². The number of allylic oxidation sites excluding steroid dienone is 1. The van der Waals surface area contributed by atoms with Crippen LogP contribution in [0.5, 0.6) is 11.5 Å². The molecule has 8 nitrogen and oxygen atoms in total. The first-order valence-electron chi connectivity index (χ1n) is 9.00. The fraction of sp³-hybridized carbons (Fsp3) is 0.350. The van der Waals surface area contributed by atoms with Crippen molar-refractivity contribution in [3.05, 3.63) is 50.9 Å². The number of anilines is 1. The predicted octanol–water partition coefficient (Wildman–Crippen LogP) is 2.90. The SMILES string of the molecule is CCOC(=O)C1=C(C)Nc2nc(SC)[nH]c(=O)c2C1c1ccc(OC)c(OC)c1. The Kier molecular flexibility index (Phi) is 6.17. The Bertz CT molecular complexity index is 1030. The highest BCUT2D eigenvalue weighted by Gasteiger charge is 2.36. The fourth-order valence-electron chi connectivity index (χ4n) is 3.37. The van der Waals surface area contributed by atoms with E-state index >= 15 is 0 Å². The number of ether oxygens (including phenoxy) is 3. The Hall–Kier alpha value is -2.94. The minimum atomic E-state index is -0.669. The van der Waals surface area contributed by atoms with E-state index in [4.69, 9.17) is 14.2 Å². The molecule has 2 N–H and O–H groups in total. The molecule has 0 saturated heterocycles. The van der Waals surface area contributed by atoms with Crippen LogP contribution in [0.25, 0.3) is 0 Å². The zero-order valence-electron chi connectivity index (χ0n) is 16.9. The van der Waals surface area contributed by atoms with E-state index < -0.39 is 11.9 Å². The van der Waals surface area contributed by atoms with Crippen molar-refractivity contribution in [3.63, 3.8) is 0 Å². The maximum Gasteiger partial charge on any atom is 0.336 e. The number of rotatable bonds is 6. The molecule has 0 aliphatic carbocycles. The largest absolute Gasteiger partial charge is 0.493 e. The summed E-state index contributed by atoms with van der Waals surface area (Å²) in [6, 6.07) is 5.30. The van der Waals surface area contributed by atoms with E-state index in [2.05, 4.69) is 15.3 Å². The molecule has 3 rings (SSSR count). The Morgan fingerprint density at radius 1 is 1.24 bits per heavy atom. The average Bonchev–Trinajstić information content (AvgIpc) is 2.71. The number of methoxy groups -OCH3 is 2. The van der Waals surface area contributed by atoms with E-state index in [0.717, 1.165) is 0 Å². The molecule has 0 amide bonds. The standard InChI is InChI=1S/C20H23N3O5S/c1-6-28-19(25)14-10(2)21-17-16(18(24)23-20(22-17)29-5)15(14)11-7-8-12(26-3)13(9-11)27-4/h7-9,15H,6H2,1-5H3,(H2,21,22,23,24). The minimum absolute atomic E-state index is 0.223. The van der Waals surface area contributed by atoms with Gasteiger partial charge in [-0.25, -0.2) is 9.78 Å². The van der Waals surface area contributed by atoms with Gasteiger partial charge in [-0.05, 0) is 37.8 Å². The van der Waals surface area contributed by atoms with Gasteiger partial charge >= 0.3 is 5.97 Å². The fourth-order valence-corrected chi connectivity index (χ4v) is 3.75. The van der Waals surface area contributed by atoms with Gasteiger partial charge in [0, 0.05) is 5.70 Å². The number of thioether (sulfide) groups is 1. The summed E-state index contributed by atoms with van der Waals surface area (Å²) in [6.07, 6.45) is 1.83. The number of nitrogens with zero attached hydrogens (tertiary/aromatic N) is 1. The second kappa shape index (κ2) is 8.60. The van der Waals surface area contributed by atoms with Crippen LogP contribution in [0.4, 0.5) is 5.82 Å². The number of hydrogen-bond donors (Lipinski definition) is 2. The van der Waals surface area contributed by atoms with Crippen LogP contribution >= 0.6 is 11.8 Å². The molecular formula is C20H23N3O5S. The number of nitrogens with one attached hydrogen (secondary N) is 2. The van der Waals surface area contributed by atoms with E-state index in [1.54, 1.807) is 39.2 Å². The van der Waals surface area contributed by atoms with Crippen molar-refractivity contribution in [2.24, 2.45) is 0 Å². The Balaban J connectivity index is 2.27. The lowest BCUT2D eigenvalue weighted by Crippen LogP contribution is -2.31. The van der Waals surface area contributed by atoms with Gasteiger partial charge in [-0.3, -0.25) is 4.79 Å². The van der Waals surface area contributed by atoms with Crippen molar-refractivity contribution in [1.82, 2.24) is 9.97 Å². The van der Waals surface area contributed by atoms with Crippen molar-refractivity contribution in [1.29, 1.82) is 0 Å². The Morgan fingerprint density at radius 2 is 1.97 bits per heavy atom. The van der Waals surface area contributed by atoms with Crippen LogP contribution in [0.15, 0.2) is 39.4 Å². The lowest BCUT2D eigenvalue weighted by molar-refractivity contribution is -0.138. The number of hydrogen-bond acceptors (Lipinski definition) is 8. The third-order valence-corrected chi connectivity index (χ3v) is 5.23. The molecule has 2 heterocycles. The maximum atomic E-state index is 13.0. The highest BCUT2D eigenvalue weighted by Crippen LogP contribution is 2.42. The first kappa shape index (κ1) is 20.8. The van der Waals surface area contributed by atoms with Gasteiger partial charge in [-0.15, -0.1) is 0 Å². The quantitative estimate of drug-likeness (QED) is 0.420. The Morgan fingerprint density at radius 3 is 2.59 bits per heavy atom. The highest BCUT2D eigenvalue weighted by atomic mass is 32.2. The van der Waals surface area contributed by atoms with E-state index in [9.17, 15) is 9.59 Å². The smallest absolute Gasteiger partial charge is 0.336 e. The van der Waals surface area contributed by atoms with Gasteiger partial charge in [-0.2, -0.15) is 0 Å². The maximum absolute atomic E-state index is 13.0. The van der Waals surface area contributed by atoms with Crippen LogP contribution in [0.3, 0.4) is 0 Å². The summed E-state index contributed by atoms with van der Waals surface area (Å²) in [7, 11) is 3.08. The lowest BCUT2D eigenvalue weighted by atomic mass is 9.82. The summed E-state index contributed by atoms with van der Waals surface area (Å²) in [5.74, 6) is 0.307. The van der Waals surface area contributed by atoms with Crippen LogP contribution in [0.2, 0.25) is 0 Å². The third-order valence-electron chi connectivity index (χ3n) is 4.65. The number of esters is 1. The van der Waals surface area contributed by atoms with Crippen molar-refractivity contribution < 1.29 is 19.0 Å². The van der Waals surface area contributed by atoms with Crippen LogP contribution in [0.1, 0.15) is 30.9 Å². The first-order chi connectivity index (χ1) is 13.9. The van der Waals surface area contributed by atoms with Crippen LogP contribution in [0, 0.1) is 0 Å². The molecule has 154 valence electrons. The molecule has 0 spiro atoms. The van der Waals surface area contributed by atoms with Crippen molar-refractivity contribution in [2.75, 3.05) is 32.4 Å². The predicted molar refractivity (Wildman–Crippen MR) is 111 cm³/mol. The number of aromatic amines is 1. The molecule has 2 aromatic rings. The number of H-pyrrole nitrogens is 1. The molecule has 9 heteroatoms. The molecule has 1 aliphatic heterocycles. The van der Waals surface area contributed by atoms with Crippen molar-refractivity contribution >= 4 is 23.5 Å². The minimum Gasteiger partial charge on any atom is -0.493 e. The molecule has 1 aromatic carbocycles. The molecule has 1 unspecified atom stereocenters. The highest BCUT2D eigenvalue weighted by molar-refractivity contribution is 7.98. The van der Waals surface area contributed by atoms with Gasteiger partial charge in [-0.1, -0.05) is 17.8 Å². The first-order valence-corrected chi connectivity index (χ1v) is 10.2. The summed E-state index contributed by atoms with van der Waals surface area (Å²) < 4.78 is 16.0. The Labute approximate surface area is 172 Å². The van der Waals surface area contributed by atoms with Gasteiger partial charge in [0.15, 0.2) is 16.7 Å². The monoisotopic (exact) mass is 417 g/mol. The van der Waals surface area contributed by atoms with E-state index in [1.165, 1.54) is 18.9 Å². The zero-order chi connectivity index (χ0) is 21.1. The molecule has 0 saturated carbocycles. The van der Waals surface area contributed by atoms with Crippen LogP contribution in [-0.4, -0.2) is 43.0 Å². The molecule has 0 radical (unpaired) electrons. The van der Waals surface area contributed by atoms with E-state index in [1.807, 2.05) is 6.26 Å². The van der Waals surface area contributed by atoms with Crippen molar-refractivity contribution in [2.45, 2.75) is 24.9 Å². The summed E-state index contributed by atoms with van der Waals surface area (Å²) in [4.78, 5) is 33.0. The zero-order valence-corrected chi connectivity index (χ0v) is 17.7. The third kappa shape index (κ3) is 3.82. The van der Waals surface area contributed by atoms with Gasteiger partial charge in [0.25, 0.3) is 5.56 Å². The summed E-state index contributed by atoms with van der Waals surface area (Å²) in [5.41, 5.74) is 1.67. The molecule has 0 fully saturated rings. The van der Waals surface area contributed by atoms with E-state index in [-0.39, 0.29) is 12.2 Å². The normalized spacial score (nSPS) is 15.4. The van der Waals surface area contributed by atoms with Crippen molar-refractivity contribution in [3.8, 4) is 11.5 Å². The molecule has 29 heavy (non-hydrogen) atoms. The second-order valence-electron chi connectivity index (χ2n) is 6.27. The number of fused-ring (bicyclic) bond motifs is 1. The van der Waals surface area contributed by atoms with Gasteiger partial charge in [0.1, 0.15) is 5.82 Å². The molecule has 1 aliphatic rings. The topological polar surface area (TPSA) is 103 Å². The molecule has 1 atom stereocenters. The van der Waals surface area contributed by atoms with E-state index in [0.29, 0.717) is 44.9 Å². The van der Waals surface area contributed by atoms with Crippen LogP contribution in [-0.2, 0) is 9.53 Å². The number of aromatic nitrogens is 2. The van der Waals surface area contributed by atoms with Gasteiger partial charge in [0.05, 0.1) is 37.9 Å². The van der Waals surface area contributed by atoms with Gasteiger partial charge < -0.3 is 24.5 Å². The number of benzene rings is 1. The summed E-state index contributed by atoms with van der Waals surface area (Å²) >= 11 is 1.33. The lowest BCUT2D eigenvalue weighted by Gasteiger charge is -2.29. The second-order valence-corrected chi connectivity index (χ2v) is 7.06. The molecule has 1 aromatic heterocycles.